The van der Waals surface area contributed by atoms with Crippen molar-refractivity contribution in [2.45, 2.75) is 26.4 Å². The van der Waals surface area contributed by atoms with Crippen molar-refractivity contribution < 1.29 is 18.7 Å². The molecule has 1 aromatic carbocycles. The Morgan fingerprint density at radius 1 is 1.17 bits per heavy atom. The molecule has 0 spiro atoms. The lowest BCUT2D eigenvalue weighted by molar-refractivity contribution is 0.0905. The highest BCUT2D eigenvalue weighted by Gasteiger charge is 2.11. The summed E-state index contributed by atoms with van der Waals surface area (Å²) >= 11 is 0. The summed E-state index contributed by atoms with van der Waals surface area (Å²) in [5.74, 6) is 1.89. The smallest absolute Gasteiger partial charge is 0.287 e. The van der Waals surface area contributed by atoms with E-state index in [1.165, 1.54) is 5.56 Å². The largest absolute Gasteiger partial charge is 0.486 e. The van der Waals surface area contributed by atoms with Crippen LogP contribution in [-0.4, -0.2) is 26.2 Å². The quantitative estimate of drug-likeness (QED) is 0.758. The Labute approximate surface area is 136 Å². The van der Waals surface area contributed by atoms with Crippen LogP contribution in [0.3, 0.4) is 0 Å². The van der Waals surface area contributed by atoms with E-state index < -0.39 is 0 Å². The number of carbonyl (C=O) groups excluding carboxylic acids is 1. The van der Waals surface area contributed by atoms with Crippen LogP contribution < -0.4 is 10.1 Å². The second-order valence-corrected chi connectivity index (χ2v) is 5.53. The number of carbonyl (C=O) groups is 1. The summed E-state index contributed by atoms with van der Waals surface area (Å²) in [5, 5.41) is 2.71. The molecule has 5 heteroatoms. The summed E-state index contributed by atoms with van der Waals surface area (Å²) < 4.78 is 16.0. The van der Waals surface area contributed by atoms with Gasteiger partial charge in [-0.05, 0) is 35.7 Å². The van der Waals surface area contributed by atoms with Gasteiger partial charge in [0.25, 0.3) is 5.91 Å². The summed E-state index contributed by atoms with van der Waals surface area (Å²) in [5.41, 5.74) is 1.27. The highest BCUT2D eigenvalue weighted by Crippen LogP contribution is 2.19. The predicted molar refractivity (Wildman–Crippen MR) is 87.8 cm³/mol. The number of nitrogens with one attached hydrogen (secondary N) is 1. The maximum Gasteiger partial charge on any atom is 0.287 e. The molecule has 0 saturated heterocycles. The third-order valence-electron chi connectivity index (χ3n) is 3.41. The van der Waals surface area contributed by atoms with Gasteiger partial charge in [-0.25, -0.2) is 0 Å². The van der Waals surface area contributed by atoms with Gasteiger partial charge in [0.1, 0.15) is 18.1 Å². The number of hydrogen-bond donors (Lipinski definition) is 1. The van der Waals surface area contributed by atoms with Gasteiger partial charge in [0, 0.05) is 13.7 Å². The van der Waals surface area contributed by atoms with Crippen molar-refractivity contribution in [2.75, 3.05) is 20.3 Å². The second-order valence-electron chi connectivity index (χ2n) is 5.53. The molecular formula is C18H23NO4. The average Bonchev–Trinajstić information content (AvgIpc) is 3.02. The Morgan fingerprint density at radius 3 is 2.57 bits per heavy atom. The van der Waals surface area contributed by atoms with Gasteiger partial charge in [0.05, 0.1) is 6.61 Å². The highest BCUT2D eigenvalue weighted by atomic mass is 16.5. The van der Waals surface area contributed by atoms with Crippen LogP contribution in [0.4, 0.5) is 0 Å². The molecule has 0 atom stereocenters. The molecule has 1 heterocycles. The van der Waals surface area contributed by atoms with Gasteiger partial charge >= 0.3 is 0 Å². The van der Waals surface area contributed by atoms with Gasteiger partial charge in [-0.2, -0.15) is 0 Å². The third kappa shape index (κ3) is 5.14. The molecule has 2 aromatic rings. The molecule has 0 bridgehead atoms. The first-order valence-electron chi connectivity index (χ1n) is 7.68. The number of hydrogen-bond acceptors (Lipinski definition) is 4. The Bertz CT molecular complexity index is 616. The fourth-order valence-electron chi connectivity index (χ4n) is 2.03. The van der Waals surface area contributed by atoms with E-state index in [4.69, 9.17) is 13.9 Å². The van der Waals surface area contributed by atoms with Gasteiger partial charge in [-0.1, -0.05) is 26.0 Å². The van der Waals surface area contributed by atoms with E-state index in [0.717, 1.165) is 5.75 Å². The zero-order valence-corrected chi connectivity index (χ0v) is 13.8. The van der Waals surface area contributed by atoms with Gasteiger partial charge in [0.2, 0.25) is 0 Å². The monoisotopic (exact) mass is 317 g/mol. The Balaban J connectivity index is 1.85. The van der Waals surface area contributed by atoms with Crippen molar-refractivity contribution in [3.05, 3.63) is 53.5 Å². The van der Waals surface area contributed by atoms with E-state index in [1.54, 1.807) is 19.2 Å². The molecule has 124 valence electrons. The SMILES string of the molecule is COCCNC(=O)c1ccc(COc2ccc(C(C)C)cc2)o1. The minimum Gasteiger partial charge on any atom is -0.486 e. The van der Waals surface area contributed by atoms with Crippen LogP contribution in [0.1, 0.15) is 41.6 Å². The van der Waals surface area contributed by atoms with Crippen LogP contribution in [0, 0.1) is 0 Å². The van der Waals surface area contributed by atoms with Crippen molar-refractivity contribution in [3.63, 3.8) is 0 Å². The summed E-state index contributed by atoms with van der Waals surface area (Å²) in [6.07, 6.45) is 0. The van der Waals surface area contributed by atoms with E-state index in [2.05, 4.69) is 31.3 Å². The fraction of sp³-hybridized carbons (Fsp3) is 0.389. The lowest BCUT2D eigenvalue weighted by Crippen LogP contribution is -2.26. The van der Waals surface area contributed by atoms with Crippen LogP contribution in [0.15, 0.2) is 40.8 Å². The van der Waals surface area contributed by atoms with Crippen LogP contribution in [0.5, 0.6) is 5.75 Å². The Morgan fingerprint density at radius 2 is 1.91 bits per heavy atom. The van der Waals surface area contributed by atoms with Crippen molar-refractivity contribution in [1.29, 1.82) is 0 Å². The lowest BCUT2D eigenvalue weighted by Gasteiger charge is -2.08. The van der Waals surface area contributed by atoms with E-state index in [-0.39, 0.29) is 18.3 Å². The molecule has 0 unspecified atom stereocenters. The van der Waals surface area contributed by atoms with Crippen molar-refractivity contribution in [2.24, 2.45) is 0 Å². The zero-order chi connectivity index (χ0) is 16.7. The zero-order valence-electron chi connectivity index (χ0n) is 13.8. The maximum atomic E-state index is 11.8. The van der Waals surface area contributed by atoms with Crippen LogP contribution in [0.25, 0.3) is 0 Å². The number of rotatable bonds is 8. The summed E-state index contributed by atoms with van der Waals surface area (Å²) in [7, 11) is 1.59. The van der Waals surface area contributed by atoms with Gasteiger partial charge < -0.3 is 19.2 Å². The lowest BCUT2D eigenvalue weighted by atomic mass is 10.0. The first-order chi connectivity index (χ1) is 11.1. The minimum atomic E-state index is -0.255. The Kier molecular flexibility index (Phi) is 6.23. The normalized spacial score (nSPS) is 10.8. The molecule has 0 aliphatic heterocycles. The molecule has 1 aromatic heterocycles. The van der Waals surface area contributed by atoms with E-state index in [0.29, 0.717) is 24.8 Å². The van der Waals surface area contributed by atoms with Gasteiger partial charge in [-0.15, -0.1) is 0 Å². The molecular weight excluding hydrogens is 294 g/mol. The fourth-order valence-corrected chi connectivity index (χ4v) is 2.03. The standard InChI is InChI=1S/C18H23NO4/c1-13(2)14-4-6-15(7-5-14)22-12-16-8-9-17(23-16)18(20)19-10-11-21-3/h4-9,13H,10-12H2,1-3H3,(H,19,20). The molecule has 0 aliphatic carbocycles. The van der Waals surface area contributed by atoms with E-state index in [1.807, 2.05) is 12.1 Å². The van der Waals surface area contributed by atoms with Gasteiger partial charge in [-0.3, -0.25) is 4.79 Å². The first-order valence-corrected chi connectivity index (χ1v) is 7.68. The van der Waals surface area contributed by atoms with Crippen LogP contribution >= 0.6 is 0 Å². The van der Waals surface area contributed by atoms with Crippen molar-refractivity contribution >= 4 is 5.91 Å². The van der Waals surface area contributed by atoms with Crippen molar-refractivity contribution in [3.8, 4) is 5.75 Å². The predicted octanol–water partition coefficient (Wildman–Crippen LogP) is 3.36. The molecule has 0 fully saturated rings. The first kappa shape index (κ1) is 17.1. The molecule has 1 amide bonds. The Hall–Kier alpha value is -2.27. The molecule has 2 rings (SSSR count). The maximum absolute atomic E-state index is 11.8. The highest BCUT2D eigenvalue weighted by molar-refractivity contribution is 5.91. The van der Waals surface area contributed by atoms with Crippen molar-refractivity contribution in [1.82, 2.24) is 5.32 Å². The third-order valence-corrected chi connectivity index (χ3v) is 3.41. The minimum absolute atomic E-state index is 0.255. The topological polar surface area (TPSA) is 60.7 Å². The summed E-state index contributed by atoms with van der Waals surface area (Å²) in [6, 6.07) is 11.4. The second kappa shape index (κ2) is 8.39. The molecule has 23 heavy (non-hydrogen) atoms. The van der Waals surface area contributed by atoms with E-state index >= 15 is 0 Å². The average molecular weight is 317 g/mol. The van der Waals surface area contributed by atoms with E-state index in [9.17, 15) is 4.79 Å². The van der Waals surface area contributed by atoms with Crippen LogP contribution in [-0.2, 0) is 11.3 Å². The number of methoxy groups -OCH3 is 1. The molecule has 5 nitrogen and oxygen atoms in total. The number of amides is 1. The molecule has 1 N–H and O–H groups in total. The summed E-state index contributed by atoms with van der Waals surface area (Å²) in [6.45, 7) is 5.50. The number of benzene rings is 1. The number of furan rings is 1. The molecule has 0 radical (unpaired) electrons. The van der Waals surface area contributed by atoms with Gasteiger partial charge in [0.15, 0.2) is 5.76 Å². The molecule has 0 aliphatic rings. The van der Waals surface area contributed by atoms with Crippen LogP contribution in [0.2, 0.25) is 0 Å². The molecule has 0 saturated carbocycles. The summed E-state index contributed by atoms with van der Waals surface area (Å²) in [4.78, 5) is 11.8. The number of ether oxygens (including phenoxy) is 2.